The molecule has 1 aromatic heterocycles. The molecule has 1 aromatic carbocycles. The molecule has 0 fully saturated rings. The van der Waals surface area contributed by atoms with Crippen LogP contribution in [0, 0.1) is 0 Å². The van der Waals surface area contributed by atoms with Crippen LogP contribution in [0.3, 0.4) is 0 Å². The van der Waals surface area contributed by atoms with Gasteiger partial charge in [-0.1, -0.05) is 19.9 Å². The number of ether oxygens (including phenoxy) is 1. The average molecular weight is 291 g/mol. The highest BCUT2D eigenvalue weighted by molar-refractivity contribution is 7.17. The van der Waals surface area contributed by atoms with Crippen LogP contribution in [0.2, 0.25) is 0 Å². The second-order valence-corrected chi connectivity index (χ2v) is 5.63. The van der Waals surface area contributed by atoms with Gasteiger partial charge in [-0.2, -0.15) is 0 Å². The molecule has 0 spiro atoms. The first-order chi connectivity index (χ1) is 9.76. The SMILES string of the molecule is CCCC(=O)Oc1cccc2scc(CCNCC)c12. The Bertz CT molecular complexity index is 577. The summed E-state index contributed by atoms with van der Waals surface area (Å²) >= 11 is 1.71. The van der Waals surface area contributed by atoms with Gasteiger partial charge in [-0.15, -0.1) is 11.3 Å². The lowest BCUT2D eigenvalue weighted by molar-refractivity contribution is -0.134. The van der Waals surface area contributed by atoms with Crippen LogP contribution in [-0.2, 0) is 11.2 Å². The Labute approximate surface area is 123 Å². The molecule has 20 heavy (non-hydrogen) atoms. The first kappa shape index (κ1) is 15.0. The molecule has 108 valence electrons. The lowest BCUT2D eigenvalue weighted by Crippen LogP contribution is -2.16. The highest BCUT2D eigenvalue weighted by Crippen LogP contribution is 2.34. The molecule has 0 amide bonds. The second-order valence-electron chi connectivity index (χ2n) is 4.72. The summed E-state index contributed by atoms with van der Waals surface area (Å²) in [5.74, 6) is 0.553. The predicted octanol–water partition coefficient (Wildman–Crippen LogP) is 3.76. The summed E-state index contributed by atoms with van der Waals surface area (Å²) in [4.78, 5) is 11.7. The smallest absolute Gasteiger partial charge is 0.311 e. The van der Waals surface area contributed by atoms with E-state index in [9.17, 15) is 4.79 Å². The highest BCUT2D eigenvalue weighted by Gasteiger charge is 2.12. The molecule has 0 unspecified atom stereocenters. The molecule has 0 saturated heterocycles. The van der Waals surface area contributed by atoms with E-state index in [2.05, 4.69) is 23.7 Å². The minimum Gasteiger partial charge on any atom is -0.426 e. The molecule has 0 atom stereocenters. The van der Waals surface area contributed by atoms with Crippen molar-refractivity contribution in [2.45, 2.75) is 33.1 Å². The summed E-state index contributed by atoms with van der Waals surface area (Å²) in [6.07, 6.45) is 2.23. The van der Waals surface area contributed by atoms with Crippen molar-refractivity contribution in [3.05, 3.63) is 29.1 Å². The molecule has 1 N–H and O–H groups in total. The predicted molar refractivity (Wildman–Crippen MR) is 84.6 cm³/mol. The van der Waals surface area contributed by atoms with E-state index >= 15 is 0 Å². The molecule has 0 radical (unpaired) electrons. The molecule has 1 heterocycles. The van der Waals surface area contributed by atoms with Crippen molar-refractivity contribution in [1.29, 1.82) is 0 Å². The lowest BCUT2D eigenvalue weighted by atomic mass is 10.1. The van der Waals surface area contributed by atoms with E-state index in [-0.39, 0.29) is 5.97 Å². The Morgan fingerprint density at radius 1 is 1.35 bits per heavy atom. The molecule has 0 aliphatic carbocycles. The number of carbonyl (C=O) groups excluding carboxylic acids is 1. The van der Waals surface area contributed by atoms with Crippen LogP contribution in [0.5, 0.6) is 5.75 Å². The molecule has 0 aliphatic rings. The van der Waals surface area contributed by atoms with Crippen LogP contribution in [0.25, 0.3) is 10.1 Å². The zero-order chi connectivity index (χ0) is 14.4. The second kappa shape index (κ2) is 7.41. The Balaban J connectivity index is 2.24. The Morgan fingerprint density at radius 2 is 2.20 bits per heavy atom. The van der Waals surface area contributed by atoms with E-state index in [1.54, 1.807) is 11.3 Å². The van der Waals surface area contributed by atoms with Crippen molar-refractivity contribution in [2.75, 3.05) is 13.1 Å². The van der Waals surface area contributed by atoms with E-state index in [0.717, 1.165) is 31.3 Å². The summed E-state index contributed by atoms with van der Waals surface area (Å²) in [6.45, 7) is 6.00. The molecule has 2 rings (SSSR count). The third-order valence-electron chi connectivity index (χ3n) is 3.14. The van der Waals surface area contributed by atoms with Gasteiger partial charge in [0.15, 0.2) is 0 Å². The standard InChI is InChI=1S/C16H21NO2S/c1-3-6-15(18)19-13-7-5-8-14-16(13)12(11-20-14)9-10-17-4-2/h5,7-8,11,17H,3-4,6,9-10H2,1-2H3. The Kier molecular flexibility index (Phi) is 5.56. The number of rotatable bonds is 7. The minimum atomic E-state index is -0.149. The summed E-state index contributed by atoms with van der Waals surface area (Å²) in [5.41, 5.74) is 1.26. The van der Waals surface area contributed by atoms with Gasteiger partial charge in [0.1, 0.15) is 5.75 Å². The molecular weight excluding hydrogens is 270 g/mol. The van der Waals surface area contributed by atoms with Gasteiger partial charge in [-0.05, 0) is 49.0 Å². The fraction of sp³-hybridized carbons (Fsp3) is 0.438. The summed E-state index contributed by atoms with van der Waals surface area (Å²) in [5, 5.41) is 6.59. The number of nitrogens with one attached hydrogen (secondary N) is 1. The van der Waals surface area contributed by atoms with E-state index < -0.39 is 0 Å². The average Bonchev–Trinajstić information content (AvgIpc) is 2.84. The van der Waals surface area contributed by atoms with Crippen LogP contribution < -0.4 is 10.1 Å². The zero-order valence-electron chi connectivity index (χ0n) is 12.1. The van der Waals surface area contributed by atoms with Gasteiger partial charge in [0, 0.05) is 16.5 Å². The fourth-order valence-corrected chi connectivity index (χ4v) is 3.18. The summed E-state index contributed by atoms with van der Waals surface area (Å²) in [6, 6.07) is 5.91. The molecular formula is C16H21NO2S. The quantitative estimate of drug-likeness (QED) is 0.479. The first-order valence-corrected chi connectivity index (χ1v) is 8.04. The third kappa shape index (κ3) is 3.58. The van der Waals surface area contributed by atoms with E-state index in [0.29, 0.717) is 12.2 Å². The molecule has 4 heteroatoms. The van der Waals surface area contributed by atoms with Crippen molar-refractivity contribution < 1.29 is 9.53 Å². The van der Waals surface area contributed by atoms with E-state index in [1.165, 1.54) is 10.3 Å². The number of benzene rings is 1. The summed E-state index contributed by atoms with van der Waals surface area (Å²) < 4.78 is 6.70. The molecule has 3 nitrogen and oxygen atoms in total. The van der Waals surface area contributed by atoms with Crippen LogP contribution in [0.15, 0.2) is 23.6 Å². The van der Waals surface area contributed by atoms with Crippen LogP contribution in [-0.4, -0.2) is 19.1 Å². The van der Waals surface area contributed by atoms with Crippen LogP contribution in [0.4, 0.5) is 0 Å². The zero-order valence-corrected chi connectivity index (χ0v) is 12.9. The first-order valence-electron chi connectivity index (χ1n) is 7.16. The molecule has 0 bridgehead atoms. The number of likely N-dealkylation sites (N-methyl/N-ethyl adjacent to an activating group) is 1. The van der Waals surface area contributed by atoms with Gasteiger partial charge < -0.3 is 10.1 Å². The maximum Gasteiger partial charge on any atom is 0.311 e. The topological polar surface area (TPSA) is 38.3 Å². The number of hydrogen-bond donors (Lipinski definition) is 1. The van der Waals surface area contributed by atoms with E-state index in [1.807, 2.05) is 19.1 Å². The normalized spacial score (nSPS) is 10.9. The van der Waals surface area contributed by atoms with Crippen molar-refractivity contribution in [3.63, 3.8) is 0 Å². The van der Waals surface area contributed by atoms with Crippen LogP contribution in [0.1, 0.15) is 32.3 Å². The maximum absolute atomic E-state index is 11.7. The molecule has 0 saturated carbocycles. The van der Waals surface area contributed by atoms with Crippen molar-refractivity contribution >= 4 is 27.4 Å². The maximum atomic E-state index is 11.7. The number of hydrogen-bond acceptors (Lipinski definition) is 4. The monoisotopic (exact) mass is 291 g/mol. The van der Waals surface area contributed by atoms with Gasteiger partial charge in [0.25, 0.3) is 0 Å². The van der Waals surface area contributed by atoms with Gasteiger partial charge >= 0.3 is 5.97 Å². The lowest BCUT2D eigenvalue weighted by Gasteiger charge is -2.07. The fourth-order valence-electron chi connectivity index (χ4n) is 2.17. The molecule has 2 aromatic rings. The van der Waals surface area contributed by atoms with Crippen molar-refractivity contribution in [1.82, 2.24) is 5.32 Å². The third-order valence-corrected chi connectivity index (χ3v) is 4.13. The van der Waals surface area contributed by atoms with Gasteiger partial charge in [-0.3, -0.25) is 4.79 Å². The van der Waals surface area contributed by atoms with Gasteiger partial charge in [0.05, 0.1) is 0 Å². The highest BCUT2D eigenvalue weighted by atomic mass is 32.1. The Hall–Kier alpha value is -1.39. The number of carbonyl (C=O) groups is 1. The van der Waals surface area contributed by atoms with Gasteiger partial charge in [0.2, 0.25) is 0 Å². The minimum absolute atomic E-state index is 0.149. The molecule has 0 aliphatic heterocycles. The van der Waals surface area contributed by atoms with Crippen molar-refractivity contribution in [3.8, 4) is 5.75 Å². The number of fused-ring (bicyclic) bond motifs is 1. The number of thiophene rings is 1. The van der Waals surface area contributed by atoms with Crippen LogP contribution >= 0.6 is 11.3 Å². The number of esters is 1. The van der Waals surface area contributed by atoms with Crippen molar-refractivity contribution in [2.24, 2.45) is 0 Å². The Morgan fingerprint density at radius 3 is 2.95 bits per heavy atom. The summed E-state index contributed by atoms with van der Waals surface area (Å²) in [7, 11) is 0. The van der Waals surface area contributed by atoms with Gasteiger partial charge in [-0.25, -0.2) is 0 Å². The largest absolute Gasteiger partial charge is 0.426 e. The van der Waals surface area contributed by atoms with E-state index in [4.69, 9.17) is 4.74 Å².